The Labute approximate surface area is 105 Å². The number of carbonyl (C=O) groups is 3. The van der Waals surface area contributed by atoms with Gasteiger partial charge in [-0.05, 0) is 25.7 Å². The Morgan fingerprint density at radius 2 is 2.17 bits per heavy atom. The van der Waals surface area contributed by atoms with Crippen LogP contribution in [0.4, 0.5) is 0 Å². The molecule has 2 rings (SSSR count). The number of aliphatic carboxylic acids is 1. The zero-order valence-electron chi connectivity index (χ0n) is 10.4. The van der Waals surface area contributed by atoms with Gasteiger partial charge in [-0.15, -0.1) is 0 Å². The van der Waals surface area contributed by atoms with Gasteiger partial charge in [-0.1, -0.05) is 0 Å². The molecule has 1 aliphatic carbocycles. The number of hydrogen-bond acceptors (Lipinski definition) is 3. The molecule has 2 atom stereocenters. The smallest absolute Gasteiger partial charge is 0.326 e. The number of carboxylic acids is 1. The zero-order chi connectivity index (χ0) is 13.3. The van der Waals surface area contributed by atoms with Gasteiger partial charge >= 0.3 is 5.97 Å². The number of nitrogens with one attached hydrogen (secondary N) is 1. The van der Waals surface area contributed by atoms with Crippen molar-refractivity contribution in [3.63, 3.8) is 0 Å². The third kappa shape index (κ3) is 2.63. The molecule has 2 aliphatic rings. The SMILES string of the molecule is CCN1CC(C(=O)NC(C(=O)O)C2CC2)CC1=O. The molecule has 6 heteroatoms. The summed E-state index contributed by atoms with van der Waals surface area (Å²) >= 11 is 0. The Morgan fingerprint density at radius 3 is 2.61 bits per heavy atom. The van der Waals surface area contributed by atoms with E-state index in [-0.39, 0.29) is 24.2 Å². The van der Waals surface area contributed by atoms with Crippen molar-refractivity contribution in [2.75, 3.05) is 13.1 Å². The Kier molecular flexibility index (Phi) is 3.54. The van der Waals surface area contributed by atoms with E-state index in [0.717, 1.165) is 12.8 Å². The van der Waals surface area contributed by atoms with E-state index in [1.54, 1.807) is 4.90 Å². The lowest BCUT2D eigenvalue weighted by atomic mass is 10.1. The number of nitrogens with zero attached hydrogens (tertiary/aromatic N) is 1. The molecule has 1 saturated heterocycles. The number of rotatable bonds is 5. The van der Waals surface area contributed by atoms with E-state index >= 15 is 0 Å². The van der Waals surface area contributed by atoms with Crippen LogP contribution in [-0.2, 0) is 14.4 Å². The highest BCUT2D eigenvalue weighted by Crippen LogP contribution is 2.33. The van der Waals surface area contributed by atoms with Gasteiger partial charge in [0.2, 0.25) is 11.8 Å². The Morgan fingerprint density at radius 1 is 1.50 bits per heavy atom. The van der Waals surface area contributed by atoms with Gasteiger partial charge in [0.05, 0.1) is 5.92 Å². The fourth-order valence-corrected chi connectivity index (χ4v) is 2.34. The summed E-state index contributed by atoms with van der Waals surface area (Å²) in [6.45, 7) is 2.86. The van der Waals surface area contributed by atoms with Gasteiger partial charge in [0, 0.05) is 19.5 Å². The number of amides is 2. The standard InChI is InChI=1S/C12H18N2O4/c1-2-14-6-8(5-9(14)15)11(16)13-10(12(17)18)7-3-4-7/h7-8,10H,2-6H2,1H3,(H,13,16)(H,17,18). The van der Waals surface area contributed by atoms with E-state index in [1.807, 2.05) is 6.92 Å². The summed E-state index contributed by atoms with van der Waals surface area (Å²) in [5, 5.41) is 11.6. The molecular formula is C12H18N2O4. The highest BCUT2D eigenvalue weighted by atomic mass is 16.4. The molecule has 2 fully saturated rings. The van der Waals surface area contributed by atoms with E-state index in [9.17, 15) is 14.4 Å². The lowest BCUT2D eigenvalue weighted by Crippen LogP contribution is -2.45. The molecule has 6 nitrogen and oxygen atoms in total. The van der Waals surface area contributed by atoms with Crippen LogP contribution in [0.2, 0.25) is 0 Å². The highest BCUT2D eigenvalue weighted by molar-refractivity contribution is 5.91. The van der Waals surface area contributed by atoms with Crippen molar-refractivity contribution >= 4 is 17.8 Å². The maximum absolute atomic E-state index is 11.9. The summed E-state index contributed by atoms with van der Waals surface area (Å²) < 4.78 is 0. The average Bonchev–Trinajstić information content (AvgIpc) is 3.08. The molecule has 1 aliphatic heterocycles. The average molecular weight is 254 g/mol. The first-order valence-corrected chi connectivity index (χ1v) is 6.34. The molecule has 18 heavy (non-hydrogen) atoms. The fraction of sp³-hybridized carbons (Fsp3) is 0.750. The van der Waals surface area contributed by atoms with Crippen molar-refractivity contribution in [2.24, 2.45) is 11.8 Å². The topological polar surface area (TPSA) is 86.7 Å². The van der Waals surface area contributed by atoms with Gasteiger partial charge in [0.25, 0.3) is 0 Å². The van der Waals surface area contributed by atoms with E-state index in [2.05, 4.69) is 5.32 Å². The third-order valence-corrected chi connectivity index (χ3v) is 3.62. The van der Waals surface area contributed by atoms with Crippen LogP contribution in [0.25, 0.3) is 0 Å². The molecule has 0 aromatic rings. The largest absolute Gasteiger partial charge is 0.480 e. The second-order valence-corrected chi connectivity index (χ2v) is 5.00. The van der Waals surface area contributed by atoms with Crippen LogP contribution in [-0.4, -0.2) is 46.9 Å². The molecule has 2 N–H and O–H groups in total. The first-order valence-electron chi connectivity index (χ1n) is 6.34. The molecule has 1 heterocycles. The van der Waals surface area contributed by atoms with Crippen LogP contribution in [0.15, 0.2) is 0 Å². The van der Waals surface area contributed by atoms with Crippen molar-refractivity contribution in [3.8, 4) is 0 Å². The summed E-state index contributed by atoms with van der Waals surface area (Å²) in [5.74, 6) is -1.67. The quantitative estimate of drug-likeness (QED) is 0.713. The molecule has 2 amide bonds. The Bertz CT molecular complexity index is 378. The van der Waals surface area contributed by atoms with Gasteiger partial charge in [-0.2, -0.15) is 0 Å². The van der Waals surface area contributed by atoms with E-state index < -0.39 is 17.9 Å². The first-order chi connectivity index (χ1) is 8.52. The van der Waals surface area contributed by atoms with Crippen LogP contribution < -0.4 is 5.32 Å². The Hall–Kier alpha value is -1.59. The summed E-state index contributed by atoms with van der Waals surface area (Å²) in [6, 6.07) is -0.789. The molecule has 0 aromatic heterocycles. The van der Waals surface area contributed by atoms with Crippen LogP contribution >= 0.6 is 0 Å². The maximum Gasteiger partial charge on any atom is 0.326 e. The second kappa shape index (κ2) is 4.96. The summed E-state index contributed by atoms with van der Waals surface area (Å²) in [6.07, 6.45) is 1.89. The van der Waals surface area contributed by atoms with Crippen molar-refractivity contribution in [3.05, 3.63) is 0 Å². The number of hydrogen-bond donors (Lipinski definition) is 2. The molecule has 0 bridgehead atoms. The van der Waals surface area contributed by atoms with Gasteiger partial charge in [-0.3, -0.25) is 9.59 Å². The van der Waals surface area contributed by atoms with Crippen molar-refractivity contribution in [1.29, 1.82) is 0 Å². The lowest BCUT2D eigenvalue weighted by Gasteiger charge is -2.17. The fourth-order valence-electron chi connectivity index (χ4n) is 2.34. The van der Waals surface area contributed by atoms with E-state index in [4.69, 9.17) is 5.11 Å². The molecule has 100 valence electrons. The van der Waals surface area contributed by atoms with Crippen LogP contribution in [0, 0.1) is 11.8 Å². The van der Waals surface area contributed by atoms with Gasteiger partial charge in [0.1, 0.15) is 6.04 Å². The van der Waals surface area contributed by atoms with Crippen molar-refractivity contribution in [2.45, 2.75) is 32.2 Å². The van der Waals surface area contributed by atoms with Gasteiger partial charge in [-0.25, -0.2) is 4.79 Å². The zero-order valence-corrected chi connectivity index (χ0v) is 10.4. The summed E-state index contributed by atoms with van der Waals surface area (Å²) in [5.41, 5.74) is 0. The first kappa shape index (κ1) is 12.9. The highest BCUT2D eigenvalue weighted by Gasteiger charge is 2.40. The molecular weight excluding hydrogens is 236 g/mol. The van der Waals surface area contributed by atoms with Crippen LogP contribution in [0.1, 0.15) is 26.2 Å². The lowest BCUT2D eigenvalue weighted by molar-refractivity contribution is -0.143. The third-order valence-electron chi connectivity index (χ3n) is 3.62. The second-order valence-electron chi connectivity index (χ2n) is 5.00. The summed E-state index contributed by atoms with van der Waals surface area (Å²) in [7, 11) is 0. The van der Waals surface area contributed by atoms with E-state index in [1.165, 1.54) is 0 Å². The molecule has 0 aromatic carbocycles. The van der Waals surface area contributed by atoms with E-state index in [0.29, 0.717) is 13.1 Å². The molecule has 1 saturated carbocycles. The molecule has 0 radical (unpaired) electrons. The van der Waals surface area contributed by atoms with Crippen LogP contribution in [0.5, 0.6) is 0 Å². The molecule has 0 spiro atoms. The van der Waals surface area contributed by atoms with Crippen molar-refractivity contribution < 1.29 is 19.5 Å². The predicted octanol–water partition coefficient (Wildman–Crippen LogP) is -0.166. The van der Waals surface area contributed by atoms with Crippen LogP contribution in [0.3, 0.4) is 0 Å². The van der Waals surface area contributed by atoms with Gasteiger partial charge < -0.3 is 15.3 Å². The minimum Gasteiger partial charge on any atom is -0.480 e. The number of likely N-dealkylation sites (tertiary alicyclic amines) is 1. The predicted molar refractivity (Wildman–Crippen MR) is 62.7 cm³/mol. The maximum atomic E-state index is 11.9. The number of carbonyl (C=O) groups excluding carboxylic acids is 2. The minimum atomic E-state index is -0.984. The number of carboxylic acid groups (broad SMARTS) is 1. The normalized spacial score (nSPS) is 25.1. The molecule has 2 unspecified atom stereocenters. The van der Waals surface area contributed by atoms with Gasteiger partial charge in [0.15, 0.2) is 0 Å². The monoisotopic (exact) mass is 254 g/mol. The summed E-state index contributed by atoms with van der Waals surface area (Å²) in [4.78, 5) is 36.1. The Balaban J connectivity index is 1.91. The minimum absolute atomic E-state index is 0.0315. The van der Waals surface area contributed by atoms with Crippen molar-refractivity contribution in [1.82, 2.24) is 10.2 Å².